The Hall–Kier alpha value is -5.69. The summed E-state index contributed by atoms with van der Waals surface area (Å²) in [5, 5.41) is 18.1. The van der Waals surface area contributed by atoms with Gasteiger partial charge in [-0.3, -0.25) is 14.2 Å². The second-order valence-corrected chi connectivity index (χ2v) is 11.8. The Morgan fingerprint density at radius 1 is 0.857 bits per heavy atom. The Balaban J connectivity index is 1.20. The number of para-hydroxylation sites is 1. The number of hydrazone groups is 1. The summed E-state index contributed by atoms with van der Waals surface area (Å²) in [4.78, 5) is 26.5. The molecule has 0 fully saturated rings. The number of aromatic nitrogens is 3. The fourth-order valence-corrected chi connectivity index (χ4v) is 6.05. The second-order valence-electron chi connectivity index (χ2n) is 10.9. The van der Waals surface area contributed by atoms with Crippen molar-refractivity contribution in [3.8, 4) is 22.9 Å². The number of thioether (sulfide) groups is 1. The maximum atomic E-state index is 13.9. The van der Waals surface area contributed by atoms with Crippen LogP contribution in [0.15, 0.2) is 113 Å². The molecule has 4 aromatic carbocycles. The summed E-state index contributed by atoms with van der Waals surface area (Å²) in [5.41, 5.74) is 3.14. The highest BCUT2D eigenvalue weighted by atomic mass is 32.2. The van der Waals surface area contributed by atoms with Crippen LogP contribution in [0.2, 0.25) is 0 Å². The van der Waals surface area contributed by atoms with Crippen LogP contribution in [0.25, 0.3) is 5.69 Å². The normalized spacial score (nSPS) is 13.9. The lowest BCUT2D eigenvalue weighted by atomic mass is 9.98. The van der Waals surface area contributed by atoms with E-state index in [2.05, 4.69) is 15.5 Å². The van der Waals surface area contributed by atoms with E-state index in [-0.39, 0.29) is 36.8 Å². The summed E-state index contributed by atoms with van der Waals surface area (Å²) < 4.78 is 31.7. The number of nitrogens with zero attached hydrogens (tertiary/aromatic N) is 5. The van der Waals surface area contributed by atoms with Gasteiger partial charge in [-0.25, -0.2) is 9.40 Å². The summed E-state index contributed by atoms with van der Waals surface area (Å²) in [5.74, 6) is 1.39. The van der Waals surface area contributed by atoms with Gasteiger partial charge in [0.25, 0.3) is 11.8 Å². The number of ether oxygens (including phenoxy) is 3. The minimum atomic E-state index is -0.404. The largest absolute Gasteiger partial charge is 0.497 e. The molecule has 1 aromatic heterocycles. The summed E-state index contributed by atoms with van der Waals surface area (Å²) in [7, 11) is 3.21. The number of nitrogens with one attached hydrogen (secondary N) is 1. The maximum absolute atomic E-state index is 13.9. The van der Waals surface area contributed by atoms with Gasteiger partial charge in [-0.15, -0.1) is 10.2 Å². The van der Waals surface area contributed by atoms with Crippen LogP contribution in [0, 0.1) is 5.82 Å². The minimum Gasteiger partial charge on any atom is -0.497 e. The molecule has 250 valence electrons. The molecule has 0 spiro atoms. The van der Waals surface area contributed by atoms with Gasteiger partial charge in [0.05, 0.1) is 38.3 Å². The van der Waals surface area contributed by atoms with Crippen molar-refractivity contribution in [3.05, 3.63) is 126 Å². The molecule has 2 amide bonds. The second kappa shape index (κ2) is 15.5. The zero-order valence-electron chi connectivity index (χ0n) is 26.8. The summed E-state index contributed by atoms with van der Waals surface area (Å²) >= 11 is 1.17. The van der Waals surface area contributed by atoms with Crippen LogP contribution in [0.3, 0.4) is 0 Å². The SMILES string of the molecule is COc1ccc(C2=NN(C(=O)CSc3nnc(CNC(=O)COc4ccccc4)n3-c3ccc(F)cc3)[C@H](c3ccc(OC)cc3)C2)cc1. The van der Waals surface area contributed by atoms with Gasteiger partial charge in [0.15, 0.2) is 17.6 Å². The molecular weight excluding hydrogens is 647 g/mol. The molecular formula is C36H33FN6O5S. The van der Waals surface area contributed by atoms with Crippen molar-refractivity contribution in [2.45, 2.75) is 24.2 Å². The monoisotopic (exact) mass is 680 g/mol. The van der Waals surface area contributed by atoms with E-state index in [1.54, 1.807) is 43.1 Å². The van der Waals surface area contributed by atoms with Crippen LogP contribution in [0.1, 0.15) is 29.4 Å². The maximum Gasteiger partial charge on any atom is 0.258 e. The predicted molar refractivity (Wildman–Crippen MR) is 183 cm³/mol. The number of benzene rings is 4. The van der Waals surface area contributed by atoms with E-state index < -0.39 is 5.82 Å². The average molecular weight is 681 g/mol. The van der Waals surface area contributed by atoms with Crippen molar-refractivity contribution in [3.63, 3.8) is 0 Å². The quantitative estimate of drug-likeness (QED) is 0.160. The van der Waals surface area contributed by atoms with Crippen molar-refractivity contribution in [1.82, 2.24) is 25.1 Å². The van der Waals surface area contributed by atoms with Crippen molar-refractivity contribution < 1.29 is 28.2 Å². The first-order chi connectivity index (χ1) is 23.9. The van der Waals surface area contributed by atoms with Crippen LogP contribution in [0.4, 0.5) is 4.39 Å². The zero-order valence-corrected chi connectivity index (χ0v) is 27.6. The molecule has 6 rings (SSSR count). The highest BCUT2D eigenvalue weighted by molar-refractivity contribution is 7.99. The van der Waals surface area contributed by atoms with Crippen molar-refractivity contribution in [2.24, 2.45) is 5.10 Å². The number of methoxy groups -OCH3 is 2. The van der Waals surface area contributed by atoms with Crippen LogP contribution in [-0.4, -0.2) is 63.9 Å². The van der Waals surface area contributed by atoms with Gasteiger partial charge in [0.1, 0.15) is 23.1 Å². The third kappa shape index (κ3) is 8.07. The lowest BCUT2D eigenvalue weighted by molar-refractivity contribution is -0.130. The van der Waals surface area contributed by atoms with E-state index >= 15 is 0 Å². The predicted octanol–water partition coefficient (Wildman–Crippen LogP) is 5.59. The smallest absolute Gasteiger partial charge is 0.258 e. The Labute approximate surface area is 286 Å². The van der Waals surface area contributed by atoms with Crippen LogP contribution in [-0.2, 0) is 16.1 Å². The standard InChI is InChI=1S/C36H33FN6O5S/c1-46-28-16-8-24(9-17-28)31-20-32(25-10-18-29(47-2)19-11-25)43(41-31)35(45)23-49-36-40-39-33(42(36)27-14-12-26(37)13-15-27)21-38-34(44)22-48-30-6-4-3-5-7-30/h3-19,32H,20-23H2,1-2H3,(H,38,44)/t32-/m0/s1. The molecule has 0 radical (unpaired) electrons. The average Bonchev–Trinajstić information content (AvgIpc) is 3.78. The molecule has 49 heavy (non-hydrogen) atoms. The topological polar surface area (TPSA) is 120 Å². The molecule has 13 heteroatoms. The highest BCUT2D eigenvalue weighted by Crippen LogP contribution is 2.35. The molecule has 0 bridgehead atoms. The van der Waals surface area contributed by atoms with Crippen molar-refractivity contribution in [1.29, 1.82) is 0 Å². The number of carbonyl (C=O) groups is 2. The van der Waals surface area contributed by atoms with Gasteiger partial charge >= 0.3 is 0 Å². The third-order valence-electron chi connectivity index (χ3n) is 7.76. The van der Waals surface area contributed by atoms with Crippen LogP contribution >= 0.6 is 11.8 Å². The highest BCUT2D eigenvalue weighted by Gasteiger charge is 2.33. The van der Waals surface area contributed by atoms with Gasteiger partial charge in [0.2, 0.25) is 0 Å². The molecule has 1 aliphatic heterocycles. The third-order valence-corrected chi connectivity index (χ3v) is 8.67. The van der Waals surface area contributed by atoms with Crippen molar-refractivity contribution in [2.75, 3.05) is 26.6 Å². The first kappa shape index (κ1) is 33.2. The number of rotatable bonds is 13. The zero-order chi connectivity index (χ0) is 34.2. The Morgan fingerprint density at radius 3 is 2.20 bits per heavy atom. The van der Waals surface area contributed by atoms with E-state index in [4.69, 9.17) is 19.3 Å². The fourth-order valence-electron chi connectivity index (χ4n) is 5.23. The van der Waals surface area contributed by atoms with E-state index in [1.165, 1.54) is 28.9 Å². The Kier molecular flexibility index (Phi) is 10.5. The first-order valence-electron chi connectivity index (χ1n) is 15.4. The molecule has 1 atom stereocenters. The lowest BCUT2D eigenvalue weighted by Crippen LogP contribution is -2.29. The molecule has 0 saturated heterocycles. The molecule has 0 unspecified atom stereocenters. The molecule has 2 heterocycles. The van der Waals surface area contributed by atoms with E-state index in [1.807, 2.05) is 66.7 Å². The van der Waals surface area contributed by atoms with Crippen LogP contribution < -0.4 is 19.5 Å². The van der Waals surface area contributed by atoms with Gasteiger partial charge in [0, 0.05) is 12.1 Å². The van der Waals surface area contributed by atoms with Crippen molar-refractivity contribution >= 4 is 29.3 Å². The number of hydrogen-bond donors (Lipinski definition) is 1. The molecule has 11 nitrogen and oxygen atoms in total. The Bertz CT molecular complexity index is 1920. The summed E-state index contributed by atoms with van der Waals surface area (Å²) in [6, 6.07) is 29.6. The van der Waals surface area contributed by atoms with E-state index in [0.717, 1.165) is 22.6 Å². The number of halogens is 1. The molecule has 5 aromatic rings. The molecule has 0 aliphatic carbocycles. The molecule has 0 saturated carbocycles. The van der Waals surface area contributed by atoms with Gasteiger partial charge in [-0.1, -0.05) is 42.1 Å². The number of amides is 2. The summed E-state index contributed by atoms with van der Waals surface area (Å²) in [6.07, 6.45) is 0.513. The van der Waals surface area contributed by atoms with E-state index in [0.29, 0.717) is 34.6 Å². The van der Waals surface area contributed by atoms with E-state index in [9.17, 15) is 14.0 Å². The minimum absolute atomic E-state index is 0.0113. The van der Waals surface area contributed by atoms with Gasteiger partial charge in [-0.2, -0.15) is 5.10 Å². The molecule has 1 N–H and O–H groups in total. The Morgan fingerprint density at radius 2 is 1.53 bits per heavy atom. The fraction of sp³-hybridized carbons (Fsp3) is 0.194. The number of hydrogen-bond acceptors (Lipinski definition) is 9. The van der Waals surface area contributed by atoms with Crippen LogP contribution in [0.5, 0.6) is 17.2 Å². The molecule has 1 aliphatic rings. The lowest BCUT2D eigenvalue weighted by Gasteiger charge is -2.22. The number of carbonyl (C=O) groups excluding carboxylic acids is 2. The van der Waals surface area contributed by atoms with Gasteiger partial charge in [-0.05, 0) is 83.9 Å². The summed E-state index contributed by atoms with van der Waals surface area (Å²) in [6.45, 7) is -0.161. The van der Waals surface area contributed by atoms with Gasteiger partial charge < -0.3 is 19.5 Å². The first-order valence-corrected chi connectivity index (χ1v) is 16.4.